The van der Waals surface area contributed by atoms with Gasteiger partial charge >= 0.3 is 6.03 Å². The van der Waals surface area contributed by atoms with Crippen molar-refractivity contribution in [2.45, 2.75) is 6.92 Å². The van der Waals surface area contributed by atoms with E-state index in [0.29, 0.717) is 10.9 Å². The van der Waals surface area contributed by atoms with E-state index in [1.54, 1.807) is 11.1 Å². The second-order valence-corrected chi connectivity index (χ2v) is 4.01. The average molecular weight is 198 g/mol. The molecule has 2 amide bonds. The highest BCUT2D eigenvalue weighted by Crippen LogP contribution is 2.17. The first-order valence-electron chi connectivity index (χ1n) is 4.09. The molecule has 1 aliphatic rings. The predicted molar refractivity (Wildman–Crippen MR) is 49.7 cm³/mol. The van der Waals surface area contributed by atoms with Crippen LogP contribution in [0.4, 0.5) is 9.80 Å². The Morgan fingerprint density at radius 2 is 2.54 bits per heavy atom. The molecule has 0 bridgehead atoms. The molecule has 1 aromatic heterocycles. The molecule has 70 valence electrons. The topological polar surface area (TPSA) is 58.1 Å². The summed E-state index contributed by atoms with van der Waals surface area (Å²) in [5, 5.41) is 7.05. The van der Waals surface area contributed by atoms with E-state index in [1.807, 2.05) is 0 Å². The van der Waals surface area contributed by atoms with Crippen LogP contribution < -0.4 is 5.32 Å². The van der Waals surface area contributed by atoms with Crippen LogP contribution in [0.3, 0.4) is 0 Å². The van der Waals surface area contributed by atoms with Crippen molar-refractivity contribution < 1.29 is 4.79 Å². The predicted octanol–water partition coefficient (Wildman–Crippen LogP) is 1.02. The lowest BCUT2D eigenvalue weighted by molar-refractivity contribution is 0.141. The second kappa shape index (κ2) is 3.29. The van der Waals surface area contributed by atoms with E-state index in [-0.39, 0.29) is 6.03 Å². The molecule has 1 aliphatic heterocycles. The molecule has 0 atom stereocenters. The van der Waals surface area contributed by atoms with Crippen LogP contribution in [0.25, 0.3) is 0 Å². The molecular formula is C7H10N4OS. The number of anilines is 1. The molecule has 1 saturated heterocycles. The Morgan fingerprint density at radius 1 is 1.77 bits per heavy atom. The average Bonchev–Trinajstić information content (AvgIpc) is 2.51. The number of nitrogens with one attached hydrogen (secondary N) is 1. The number of likely N-dealkylation sites (tertiary alicyclic amines) is 1. The van der Waals surface area contributed by atoms with E-state index in [1.165, 1.54) is 11.5 Å². The minimum Gasteiger partial charge on any atom is -0.324 e. The minimum atomic E-state index is -0.0517. The highest BCUT2D eigenvalue weighted by Gasteiger charge is 2.27. The number of nitrogens with zero attached hydrogens (tertiary/aromatic N) is 3. The van der Waals surface area contributed by atoms with Gasteiger partial charge in [0.25, 0.3) is 0 Å². The Balaban J connectivity index is 1.86. The van der Waals surface area contributed by atoms with Gasteiger partial charge in [0.15, 0.2) is 0 Å². The summed E-state index contributed by atoms with van der Waals surface area (Å²) >= 11 is 1.18. The van der Waals surface area contributed by atoms with Crippen LogP contribution in [0.2, 0.25) is 0 Å². The van der Waals surface area contributed by atoms with Gasteiger partial charge in [-0.25, -0.2) is 4.79 Å². The normalized spacial score (nSPS) is 16.8. The van der Waals surface area contributed by atoms with Crippen LogP contribution in [0.1, 0.15) is 6.92 Å². The van der Waals surface area contributed by atoms with Crippen molar-refractivity contribution in [2.75, 3.05) is 18.4 Å². The van der Waals surface area contributed by atoms with Crippen LogP contribution in [0, 0.1) is 5.92 Å². The van der Waals surface area contributed by atoms with Crippen molar-refractivity contribution in [1.29, 1.82) is 0 Å². The smallest absolute Gasteiger partial charge is 0.322 e. The molecule has 0 aliphatic carbocycles. The summed E-state index contributed by atoms with van der Waals surface area (Å²) in [7, 11) is 0. The molecule has 1 aromatic rings. The van der Waals surface area contributed by atoms with Crippen LogP contribution in [-0.2, 0) is 0 Å². The molecule has 2 heterocycles. The van der Waals surface area contributed by atoms with Gasteiger partial charge in [0.05, 0.1) is 6.20 Å². The summed E-state index contributed by atoms with van der Waals surface area (Å²) in [5.41, 5.74) is 0. The fraction of sp³-hybridized carbons (Fsp3) is 0.571. The molecular weight excluding hydrogens is 188 g/mol. The number of carbonyl (C=O) groups excluding carboxylic acids is 1. The molecule has 0 saturated carbocycles. The molecule has 1 fully saturated rings. The number of rotatable bonds is 1. The molecule has 0 aromatic carbocycles. The molecule has 6 heteroatoms. The van der Waals surface area contributed by atoms with Crippen molar-refractivity contribution in [3.63, 3.8) is 0 Å². The van der Waals surface area contributed by atoms with Crippen molar-refractivity contribution in [3.8, 4) is 0 Å². The number of hydrogen-bond acceptors (Lipinski definition) is 4. The van der Waals surface area contributed by atoms with E-state index in [2.05, 4.69) is 21.8 Å². The van der Waals surface area contributed by atoms with Crippen molar-refractivity contribution in [3.05, 3.63) is 6.20 Å². The van der Waals surface area contributed by atoms with Gasteiger partial charge in [0.2, 0.25) is 0 Å². The Kier molecular flexibility index (Phi) is 2.13. The maximum atomic E-state index is 11.4. The number of carbonyl (C=O) groups is 1. The number of urea groups is 1. The van der Waals surface area contributed by atoms with E-state index >= 15 is 0 Å². The lowest BCUT2D eigenvalue weighted by Crippen LogP contribution is -2.50. The van der Waals surface area contributed by atoms with Crippen molar-refractivity contribution in [2.24, 2.45) is 5.92 Å². The number of aromatic nitrogens is 2. The summed E-state index contributed by atoms with van der Waals surface area (Å²) in [6.45, 7) is 3.81. The van der Waals surface area contributed by atoms with Gasteiger partial charge in [0, 0.05) is 24.6 Å². The zero-order valence-corrected chi connectivity index (χ0v) is 8.04. The Labute approximate surface area is 79.9 Å². The van der Waals surface area contributed by atoms with E-state index in [4.69, 9.17) is 0 Å². The number of hydrogen-bond donors (Lipinski definition) is 1. The SMILES string of the molecule is CC1CN(C(=O)Nc2cnns2)C1. The van der Waals surface area contributed by atoms with Crippen LogP contribution in [0.15, 0.2) is 6.20 Å². The third-order valence-corrected chi connectivity index (χ3v) is 2.52. The third-order valence-electron chi connectivity index (χ3n) is 1.94. The first kappa shape index (κ1) is 8.43. The van der Waals surface area contributed by atoms with E-state index in [9.17, 15) is 4.79 Å². The minimum absolute atomic E-state index is 0.0517. The van der Waals surface area contributed by atoms with Gasteiger partial charge < -0.3 is 4.90 Å². The highest BCUT2D eigenvalue weighted by molar-refractivity contribution is 7.10. The lowest BCUT2D eigenvalue weighted by atomic mass is 10.0. The molecule has 13 heavy (non-hydrogen) atoms. The van der Waals surface area contributed by atoms with Crippen LogP contribution >= 0.6 is 11.5 Å². The summed E-state index contributed by atoms with van der Waals surface area (Å²) in [6.07, 6.45) is 1.55. The second-order valence-electron chi connectivity index (χ2n) is 3.22. The summed E-state index contributed by atoms with van der Waals surface area (Å²) < 4.78 is 3.65. The number of amides is 2. The van der Waals surface area contributed by atoms with Gasteiger partial charge in [-0.15, -0.1) is 5.10 Å². The molecule has 5 nitrogen and oxygen atoms in total. The van der Waals surface area contributed by atoms with Gasteiger partial charge in [-0.1, -0.05) is 11.4 Å². The molecule has 0 spiro atoms. The fourth-order valence-corrected chi connectivity index (χ4v) is 1.68. The Hall–Kier alpha value is -1.17. The van der Waals surface area contributed by atoms with Crippen molar-refractivity contribution >= 4 is 22.6 Å². The van der Waals surface area contributed by atoms with E-state index < -0.39 is 0 Å². The molecule has 0 unspecified atom stereocenters. The van der Waals surface area contributed by atoms with Gasteiger partial charge in [0.1, 0.15) is 5.00 Å². The quantitative estimate of drug-likeness (QED) is 0.733. The maximum Gasteiger partial charge on any atom is 0.322 e. The maximum absolute atomic E-state index is 11.4. The monoisotopic (exact) mass is 198 g/mol. The summed E-state index contributed by atoms with van der Waals surface area (Å²) in [6, 6.07) is -0.0517. The lowest BCUT2D eigenvalue weighted by Gasteiger charge is -2.36. The van der Waals surface area contributed by atoms with Gasteiger partial charge in [-0.3, -0.25) is 5.32 Å². The largest absolute Gasteiger partial charge is 0.324 e. The first-order valence-corrected chi connectivity index (χ1v) is 4.86. The zero-order chi connectivity index (χ0) is 9.26. The third kappa shape index (κ3) is 1.77. The summed E-state index contributed by atoms with van der Waals surface area (Å²) in [4.78, 5) is 13.2. The first-order chi connectivity index (χ1) is 6.25. The summed E-state index contributed by atoms with van der Waals surface area (Å²) in [5.74, 6) is 0.630. The fourth-order valence-electron chi connectivity index (χ4n) is 1.27. The van der Waals surface area contributed by atoms with Gasteiger partial charge in [-0.05, 0) is 5.92 Å². The zero-order valence-electron chi connectivity index (χ0n) is 7.23. The Bertz CT molecular complexity index is 293. The van der Waals surface area contributed by atoms with Crippen LogP contribution in [0.5, 0.6) is 0 Å². The van der Waals surface area contributed by atoms with Crippen molar-refractivity contribution in [1.82, 2.24) is 14.5 Å². The molecule has 0 radical (unpaired) electrons. The Morgan fingerprint density at radius 3 is 3.08 bits per heavy atom. The van der Waals surface area contributed by atoms with Gasteiger partial charge in [-0.2, -0.15) is 0 Å². The van der Waals surface area contributed by atoms with E-state index in [0.717, 1.165) is 13.1 Å². The van der Waals surface area contributed by atoms with Crippen LogP contribution in [-0.4, -0.2) is 33.6 Å². The highest BCUT2D eigenvalue weighted by atomic mass is 32.1. The molecule has 2 rings (SSSR count). The standard InChI is InChI=1S/C7H10N4OS/c1-5-3-11(4-5)7(12)9-6-2-8-10-13-6/h2,5H,3-4H2,1H3,(H,9,12). The molecule has 1 N–H and O–H groups in total.